The number of imide groups is 1. The Labute approximate surface area is 189 Å². The molecule has 8 heteroatoms. The van der Waals surface area contributed by atoms with Crippen molar-refractivity contribution >= 4 is 40.8 Å². The first-order valence-corrected chi connectivity index (χ1v) is 10.3. The van der Waals surface area contributed by atoms with Crippen LogP contribution in [0.5, 0.6) is 0 Å². The number of hydrogen-bond donors (Lipinski definition) is 1. The van der Waals surface area contributed by atoms with Gasteiger partial charge in [-0.3, -0.25) is 9.59 Å². The summed E-state index contributed by atoms with van der Waals surface area (Å²) in [7, 11) is 0. The third kappa shape index (κ3) is 4.63. The Morgan fingerprint density at radius 1 is 1.00 bits per heavy atom. The van der Waals surface area contributed by atoms with Crippen molar-refractivity contribution < 1.29 is 18.8 Å². The van der Waals surface area contributed by atoms with Crippen LogP contribution in [0, 0.1) is 5.82 Å². The Morgan fingerprint density at radius 3 is 2.31 bits per heavy atom. The standard InChI is InChI=1S/C24H19ClFN3O3/c25-17-8-12-20(13-9-17)29-22(30)14-21(23(29)31)28(15-16-6-10-18(26)11-7-16)24(32)27-19-4-2-1-3-5-19/h1-13,21H,14-15H2,(H,27,32). The third-order valence-electron chi connectivity index (χ3n) is 5.14. The van der Waals surface area contributed by atoms with E-state index in [1.54, 1.807) is 48.5 Å². The minimum atomic E-state index is -1.01. The molecule has 3 aromatic carbocycles. The molecule has 4 rings (SSSR count). The summed E-state index contributed by atoms with van der Waals surface area (Å²) in [6.07, 6.45) is -0.162. The maximum atomic E-state index is 13.3. The molecular weight excluding hydrogens is 433 g/mol. The van der Waals surface area contributed by atoms with E-state index in [0.717, 1.165) is 4.90 Å². The second-order valence-electron chi connectivity index (χ2n) is 7.31. The van der Waals surface area contributed by atoms with Crippen LogP contribution in [0.2, 0.25) is 5.02 Å². The van der Waals surface area contributed by atoms with Crippen molar-refractivity contribution in [3.05, 3.63) is 95.3 Å². The van der Waals surface area contributed by atoms with Crippen molar-refractivity contribution in [3.63, 3.8) is 0 Å². The molecule has 4 amide bonds. The van der Waals surface area contributed by atoms with Gasteiger partial charge in [-0.25, -0.2) is 14.1 Å². The van der Waals surface area contributed by atoms with Gasteiger partial charge in [-0.05, 0) is 54.1 Å². The van der Waals surface area contributed by atoms with Crippen molar-refractivity contribution in [2.75, 3.05) is 10.2 Å². The number of hydrogen-bond acceptors (Lipinski definition) is 3. The monoisotopic (exact) mass is 451 g/mol. The van der Waals surface area contributed by atoms with Gasteiger partial charge in [-0.1, -0.05) is 41.9 Å². The van der Waals surface area contributed by atoms with E-state index in [1.807, 2.05) is 6.07 Å². The molecule has 1 fully saturated rings. The molecule has 1 saturated heterocycles. The zero-order chi connectivity index (χ0) is 22.7. The molecule has 0 spiro atoms. The summed E-state index contributed by atoms with van der Waals surface area (Å²) in [6.45, 7) is 0.0249. The van der Waals surface area contributed by atoms with E-state index < -0.39 is 29.7 Å². The summed E-state index contributed by atoms with van der Waals surface area (Å²) in [4.78, 5) is 41.5. The first-order chi connectivity index (χ1) is 15.4. The zero-order valence-electron chi connectivity index (χ0n) is 16.9. The van der Waals surface area contributed by atoms with Gasteiger partial charge in [0.2, 0.25) is 5.91 Å². The van der Waals surface area contributed by atoms with Gasteiger partial charge in [0.15, 0.2) is 0 Å². The van der Waals surface area contributed by atoms with Crippen LogP contribution in [0.1, 0.15) is 12.0 Å². The lowest BCUT2D eigenvalue weighted by molar-refractivity contribution is -0.122. The van der Waals surface area contributed by atoms with E-state index in [4.69, 9.17) is 11.6 Å². The highest BCUT2D eigenvalue weighted by Crippen LogP contribution is 2.28. The fraction of sp³-hybridized carbons (Fsp3) is 0.125. The molecule has 0 bridgehead atoms. The summed E-state index contributed by atoms with van der Waals surface area (Å²) in [6, 6.07) is 19.2. The van der Waals surface area contributed by atoms with Crippen LogP contribution in [0.3, 0.4) is 0 Å². The van der Waals surface area contributed by atoms with Gasteiger partial charge in [-0.2, -0.15) is 0 Å². The zero-order valence-corrected chi connectivity index (χ0v) is 17.6. The number of nitrogens with zero attached hydrogens (tertiary/aromatic N) is 2. The minimum absolute atomic E-state index is 0.0249. The Hall–Kier alpha value is -3.71. The van der Waals surface area contributed by atoms with E-state index in [9.17, 15) is 18.8 Å². The third-order valence-corrected chi connectivity index (χ3v) is 5.39. The molecule has 1 unspecified atom stereocenters. The first-order valence-electron chi connectivity index (χ1n) is 9.92. The topological polar surface area (TPSA) is 69.7 Å². The Bertz CT molecular complexity index is 1140. The van der Waals surface area contributed by atoms with Gasteiger partial charge >= 0.3 is 6.03 Å². The van der Waals surface area contributed by atoms with Crippen LogP contribution < -0.4 is 10.2 Å². The molecule has 6 nitrogen and oxygen atoms in total. The fourth-order valence-corrected chi connectivity index (χ4v) is 3.67. The van der Waals surface area contributed by atoms with Crippen molar-refractivity contribution in [2.24, 2.45) is 0 Å². The first kappa shape index (κ1) is 21.5. The SMILES string of the molecule is O=C1CC(N(Cc2ccc(F)cc2)C(=O)Nc2ccccc2)C(=O)N1c1ccc(Cl)cc1. The van der Waals surface area contributed by atoms with Crippen molar-refractivity contribution in [3.8, 4) is 0 Å². The average molecular weight is 452 g/mol. The molecule has 1 aliphatic heterocycles. The van der Waals surface area contributed by atoms with Gasteiger partial charge in [0, 0.05) is 17.3 Å². The lowest BCUT2D eigenvalue weighted by Crippen LogP contribution is -2.46. The fourth-order valence-electron chi connectivity index (χ4n) is 3.55. The number of para-hydroxylation sites is 1. The number of anilines is 2. The summed E-state index contributed by atoms with van der Waals surface area (Å²) in [5, 5.41) is 3.24. The minimum Gasteiger partial charge on any atom is -0.308 e. The largest absolute Gasteiger partial charge is 0.322 e. The van der Waals surface area contributed by atoms with Crippen LogP contribution in [0.15, 0.2) is 78.9 Å². The number of carbonyl (C=O) groups excluding carboxylic acids is 3. The molecule has 1 aliphatic rings. The molecule has 32 heavy (non-hydrogen) atoms. The second kappa shape index (κ2) is 9.20. The molecule has 162 valence electrons. The summed E-state index contributed by atoms with van der Waals surface area (Å²) >= 11 is 5.91. The lowest BCUT2D eigenvalue weighted by atomic mass is 10.1. The number of nitrogens with one attached hydrogen (secondary N) is 1. The van der Waals surface area contributed by atoms with Crippen molar-refractivity contribution in [1.82, 2.24) is 4.90 Å². The summed E-state index contributed by atoms with van der Waals surface area (Å²) in [5.74, 6) is -1.34. The number of carbonyl (C=O) groups is 3. The molecule has 0 aromatic heterocycles. The Balaban J connectivity index is 1.63. The number of halogens is 2. The quantitative estimate of drug-likeness (QED) is 0.564. The van der Waals surface area contributed by atoms with Crippen LogP contribution in [0.4, 0.5) is 20.6 Å². The predicted molar refractivity (Wildman–Crippen MR) is 120 cm³/mol. The maximum Gasteiger partial charge on any atom is 0.322 e. The van der Waals surface area contributed by atoms with Crippen molar-refractivity contribution in [2.45, 2.75) is 19.0 Å². The van der Waals surface area contributed by atoms with Crippen LogP contribution >= 0.6 is 11.6 Å². The molecule has 1 atom stereocenters. The average Bonchev–Trinajstić information content (AvgIpc) is 3.08. The molecular formula is C24H19ClFN3O3. The maximum absolute atomic E-state index is 13.3. The highest BCUT2D eigenvalue weighted by Gasteiger charge is 2.44. The van der Waals surface area contributed by atoms with Gasteiger partial charge in [0.1, 0.15) is 11.9 Å². The highest BCUT2D eigenvalue weighted by atomic mass is 35.5. The van der Waals surface area contributed by atoms with Crippen LogP contribution in [-0.4, -0.2) is 28.8 Å². The molecule has 1 heterocycles. The molecule has 3 aromatic rings. The predicted octanol–water partition coefficient (Wildman–Crippen LogP) is 4.85. The molecule has 1 N–H and O–H groups in total. The Morgan fingerprint density at radius 2 is 1.66 bits per heavy atom. The van der Waals surface area contributed by atoms with E-state index in [0.29, 0.717) is 22.0 Å². The summed E-state index contributed by atoms with van der Waals surface area (Å²) in [5.41, 5.74) is 1.56. The van der Waals surface area contributed by atoms with E-state index in [2.05, 4.69) is 5.32 Å². The van der Waals surface area contributed by atoms with Crippen LogP contribution in [0.25, 0.3) is 0 Å². The highest BCUT2D eigenvalue weighted by molar-refractivity contribution is 6.31. The van der Waals surface area contributed by atoms with Gasteiger partial charge < -0.3 is 10.2 Å². The molecule has 0 radical (unpaired) electrons. The Kier molecular flexibility index (Phi) is 6.18. The van der Waals surface area contributed by atoms with Gasteiger partial charge in [-0.15, -0.1) is 0 Å². The van der Waals surface area contributed by atoms with Crippen LogP contribution in [-0.2, 0) is 16.1 Å². The lowest BCUT2D eigenvalue weighted by Gasteiger charge is -2.28. The smallest absolute Gasteiger partial charge is 0.308 e. The van der Waals surface area contributed by atoms with Gasteiger partial charge in [0.25, 0.3) is 5.91 Å². The van der Waals surface area contributed by atoms with Gasteiger partial charge in [0.05, 0.1) is 12.1 Å². The summed E-state index contributed by atoms with van der Waals surface area (Å²) < 4.78 is 13.3. The van der Waals surface area contributed by atoms with E-state index in [1.165, 1.54) is 29.2 Å². The number of rotatable bonds is 5. The van der Waals surface area contributed by atoms with E-state index in [-0.39, 0.29) is 13.0 Å². The van der Waals surface area contributed by atoms with E-state index >= 15 is 0 Å². The molecule has 0 saturated carbocycles. The normalized spacial score (nSPS) is 15.7. The number of urea groups is 1. The number of benzene rings is 3. The van der Waals surface area contributed by atoms with Crippen molar-refractivity contribution in [1.29, 1.82) is 0 Å². The molecule has 0 aliphatic carbocycles. The second-order valence-corrected chi connectivity index (χ2v) is 7.75. The number of amides is 4.